The lowest BCUT2D eigenvalue weighted by molar-refractivity contribution is 0.0531. The van der Waals surface area contributed by atoms with Crippen molar-refractivity contribution >= 4 is 44.9 Å². The van der Waals surface area contributed by atoms with Crippen LogP contribution in [-0.2, 0) is 4.74 Å². The molecule has 0 saturated carbocycles. The van der Waals surface area contributed by atoms with Crippen molar-refractivity contribution in [2.45, 2.75) is 33.2 Å². The fourth-order valence-electron chi connectivity index (χ4n) is 1.95. The maximum atomic E-state index is 12.0. The van der Waals surface area contributed by atoms with Crippen molar-refractivity contribution in [3.63, 3.8) is 0 Å². The predicted octanol–water partition coefficient (Wildman–Crippen LogP) is 3.01. The lowest BCUT2D eigenvalue weighted by Gasteiger charge is -2.24. The van der Waals surface area contributed by atoms with E-state index >= 15 is 0 Å². The summed E-state index contributed by atoms with van der Waals surface area (Å²) >= 11 is 7.19. The molecule has 8 heteroatoms. The maximum Gasteiger partial charge on any atom is 0.348 e. The second-order valence-electron chi connectivity index (χ2n) is 5.47. The minimum atomic E-state index is -0.580. The molecule has 120 valence electrons. The number of hydrogen-bond acceptors (Lipinski definition) is 7. The number of aromatic nitrogens is 2. The third-order valence-electron chi connectivity index (χ3n) is 3.08. The number of halogens is 1. The number of fused-ring (bicyclic) bond motifs is 1. The number of carbonyl (C=O) groups is 1. The van der Waals surface area contributed by atoms with Crippen LogP contribution in [0.4, 0.5) is 5.82 Å². The second kappa shape index (κ2) is 6.36. The maximum absolute atomic E-state index is 12.0. The molecule has 0 saturated heterocycles. The molecule has 0 bridgehead atoms. The van der Waals surface area contributed by atoms with E-state index in [1.807, 2.05) is 20.8 Å². The first-order valence-corrected chi connectivity index (χ1v) is 8.01. The normalized spacial score (nSPS) is 11.7. The average Bonchev–Trinajstić information content (AvgIpc) is 2.76. The molecule has 2 aromatic rings. The van der Waals surface area contributed by atoms with Crippen LogP contribution in [0.25, 0.3) is 10.2 Å². The number of rotatable bonds is 5. The molecule has 2 N–H and O–H groups in total. The van der Waals surface area contributed by atoms with Crippen LogP contribution < -0.4 is 5.32 Å². The predicted molar refractivity (Wildman–Crippen MR) is 87.9 cm³/mol. The van der Waals surface area contributed by atoms with Gasteiger partial charge in [-0.1, -0.05) is 0 Å². The monoisotopic (exact) mass is 343 g/mol. The molecule has 0 fully saturated rings. The van der Waals surface area contributed by atoms with Gasteiger partial charge in [0.1, 0.15) is 15.5 Å². The lowest BCUT2D eigenvalue weighted by Crippen LogP contribution is -2.35. The SMILES string of the molecule is CCOC(=O)c1sc2nc(Cl)nc(NC(C)(C)CO)c2c1C. The van der Waals surface area contributed by atoms with Crippen LogP contribution in [0, 0.1) is 6.92 Å². The molecule has 0 aliphatic carbocycles. The highest BCUT2D eigenvalue weighted by atomic mass is 35.5. The van der Waals surface area contributed by atoms with E-state index in [1.165, 1.54) is 11.3 Å². The number of nitrogens with one attached hydrogen (secondary N) is 1. The molecule has 0 spiro atoms. The van der Waals surface area contributed by atoms with E-state index < -0.39 is 5.54 Å². The molecule has 0 atom stereocenters. The molecule has 2 aromatic heterocycles. The van der Waals surface area contributed by atoms with Gasteiger partial charge in [-0.15, -0.1) is 11.3 Å². The van der Waals surface area contributed by atoms with E-state index in [4.69, 9.17) is 16.3 Å². The van der Waals surface area contributed by atoms with Gasteiger partial charge in [-0.25, -0.2) is 14.8 Å². The molecule has 6 nitrogen and oxygen atoms in total. The van der Waals surface area contributed by atoms with Crippen molar-refractivity contribution in [2.24, 2.45) is 0 Å². The van der Waals surface area contributed by atoms with Crippen LogP contribution in [0.15, 0.2) is 0 Å². The Morgan fingerprint density at radius 3 is 2.73 bits per heavy atom. The summed E-state index contributed by atoms with van der Waals surface area (Å²) in [6.45, 7) is 7.48. The number of ether oxygens (including phenoxy) is 1. The molecule has 2 rings (SSSR count). The minimum Gasteiger partial charge on any atom is -0.462 e. The second-order valence-corrected chi connectivity index (χ2v) is 6.80. The van der Waals surface area contributed by atoms with Crippen molar-refractivity contribution in [2.75, 3.05) is 18.5 Å². The summed E-state index contributed by atoms with van der Waals surface area (Å²) in [5.74, 6) is 0.116. The zero-order valence-corrected chi connectivity index (χ0v) is 14.4. The van der Waals surface area contributed by atoms with Crippen LogP contribution in [0.5, 0.6) is 0 Å². The van der Waals surface area contributed by atoms with E-state index in [9.17, 15) is 9.90 Å². The van der Waals surface area contributed by atoms with Crippen molar-refractivity contribution in [3.8, 4) is 0 Å². The minimum absolute atomic E-state index is 0.0793. The summed E-state index contributed by atoms with van der Waals surface area (Å²) in [6, 6.07) is 0. The van der Waals surface area contributed by atoms with E-state index in [2.05, 4.69) is 15.3 Å². The van der Waals surface area contributed by atoms with Crippen molar-refractivity contribution in [3.05, 3.63) is 15.7 Å². The van der Waals surface area contributed by atoms with Gasteiger partial charge in [0.25, 0.3) is 0 Å². The van der Waals surface area contributed by atoms with Crippen LogP contribution in [0.2, 0.25) is 5.28 Å². The van der Waals surface area contributed by atoms with Crippen LogP contribution in [0.1, 0.15) is 36.0 Å². The Kier molecular flexibility index (Phi) is 4.89. The van der Waals surface area contributed by atoms with Crippen molar-refractivity contribution in [1.82, 2.24) is 9.97 Å². The quantitative estimate of drug-likeness (QED) is 0.641. The summed E-state index contributed by atoms with van der Waals surface area (Å²) in [4.78, 5) is 21.5. The van der Waals surface area contributed by atoms with Crippen LogP contribution in [0.3, 0.4) is 0 Å². The third kappa shape index (κ3) is 3.31. The Morgan fingerprint density at radius 1 is 1.45 bits per heavy atom. The standard InChI is InChI=1S/C14H18ClN3O3S/c1-5-21-12(20)9-7(2)8-10(18-14(3,4)6-19)16-13(15)17-11(8)22-9/h19H,5-6H2,1-4H3,(H,16,17,18). The number of aryl methyl sites for hydroxylation is 1. The topological polar surface area (TPSA) is 84.3 Å². The first kappa shape index (κ1) is 16.9. The van der Waals surface area contributed by atoms with E-state index in [-0.39, 0.29) is 17.9 Å². The van der Waals surface area contributed by atoms with Gasteiger partial charge in [-0.3, -0.25) is 0 Å². The fourth-order valence-corrected chi connectivity index (χ4v) is 3.25. The Labute approximate surface area is 137 Å². The van der Waals surface area contributed by atoms with Crippen LogP contribution >= 0.6 is 22.9 Å². The number of carbonyl (C=O) groups excluding carboxylic acids is 1. The summed E-state index contributed by atoms with van der Waals surface area (Å²) in [6.07, 6.45) is 0. The first-order chi connectivity index (χ1) is 10.3. The smallest absolute Gasteiger partial charge is 0.348 e. The summed E-state index contributed by atoms with van der Waals surface area (Å²) in [5.41, 5.74) is 0.162. The number of aliphatic hydroxyl groups excluding tert-OH is 1. The van der Waals surface area contributed by atoms with E-state index in [1.54, 1.807) is 6.92 Å². The summed E-state index contributed by atoms with van der Waals surface area (Å²) in [7, 11) is 0. The number of hydrogen-bond donors (Lipinski definition) is 2. The number of esters is 1. The highest BCUT2D eigenvalue weighted by molar-refractivity contribution is 7.20. The van der Waals surface area contributed by atoms with Crippen molar-refractivity contribution < 1.29 is 14.6 Å². The molecule has 0 radical (unpaired) electrons. The lowest BCUT2D eigenvalue weighted by atomic mass is 10.1. The van der Waals surface area contributed by atoms with Gasteiger partial charge in [-0.05, 0) is 44.9 Å². The fraction of sp³-hybridized carbons (Fsp3) is 0.500. The van der Waals surface area contributed by atoms with Gasteiger partial charge >= 0.3 is 5.97 Å². The molecule has 0 aliphatic heterocycles. The summed E-state index contributed by atoms with van der Waals surface area (Å²) < 4.78 is 5.06. The Hall–Kier alpha value is -1.44. The Bertz CT molecular complexity index is 715. The largest absolute Gasteiger partial charge is 0.462 e. The Morgan fingerprint density at radius 2 is 2.14 bits per heavy atom. The van der Waals surface area contributed by atoms with Crippen molar-refractivity contribution in [1.29, 1.82) is 0 Å². The number of thiophene rings is 1. The molecule has 0 unspecified atom stereocenters. The van der Waals surface area contributed by atoms with Gasteiger partial charge in [0, 0.05) is 0 Å². The molecule has 22 heavy (non-hydrogen) atoms. The van der Waals surface area contributed by atoms with Gasteiger partial charge in [0.2, 0.25) is 5.28 Å². The number of anilines is 1. The molecular weight excluding hydrogens is 326 g/mol. The van der Waals surface area contributed by atoms with E-state index in [0.29, 0.717) is 22.1 Å². The highest BCUT2D eigenvalue weighted by Crippen LogP contribution is 2.35. The molecular formula is C14H18ClN3O3S. The molecule has 0 aromatic carbocycles. The van der Waals surface area contributed by atoms with Crippen LogP contribution in [-0.4, -0.2) is 39.8 Å². The highest BCUT2D eigenvalue weighted by Gasteiger charge is 2.24. The van der Waals surface area contributed by atoms with Gasteiger partial charge in [-0.2, -0.15) is 0 Å². The summed E-state index contributed by atoms with van der Waals surface area (Å²) in [5, 5.41) is 13.4. The van der Waals surface area contributed by atoms with Gasteiger partial charge in [0.05, 0.1) is 24.1 Å². The van der Waals surface area contributed by atoms with E-state index in [0.717, 1.165) is 10.9 Å². The molecule has 2 heterocycles. The zero-order chi connectivity index (χ0) is 16.5. The van der Waals surface area contributed by atoms with Gasteiger partial charge in [0.15, 0.2) is 0 Å². The zero-order valence-electron chi connectivity index (χ0n) is 12.9. The first-order valence-electron chi connectivity index (χ1n) is 6.82. The third-order valence-corrected chi connectivity index (χ3v) is 4.41. The molecule has 0 amide bonds. The van der Waals surface area contributed by atoms with Gasteiger partial charge < -0.3 is 15.2 Å². The number of nitrogens with zero attached hydrogens (tertiary/aromatic N) is 2. The molecule has 0 aliphatic rings. The average molecular weight is 344 g/mol. The number of aliphatic hydroxyl groups is 1. The Balaban J connectivity index is 2.60.